The molecule has 0 unspecified atom stereocenters. The van der Waals surface area contributed by atoms with Crippen molar-refractivity contribution in [3.05, 3.63) is 29.6 Å². The van der Waals surface area contributed by atoms with Crippen LogP contribution in [-0.4, -0.2) is 19.3 Å². The minimum atomic E-state index is -4.67. The van der Waals surface area contributed by atoms with Crippen LogP contribution in [0.2, 0.25) is 0 Å². The number of hydrogen-bond donors (Lipinski definition) is 1. The first-order valence-corrected chi connectivity index (χ1v) is 4.68. The third kappa shape index (κ3) is 2.27. The Morgan fingerprint density at radius 1 is 1.25 bits per heavy atom. The summed E-state index contributed by atoms with van der Waals surface area (Å²) in [4.78, 5) is 0. The van der Waals surface area contributed by atoms with Crippen molar-refractivity contribution in [1.29, 1.82) is 0 Å². The van der Waals surface area contributed by atoms with Crippen LogP contribution in [0.25, 0.3) is 0 Å². The monoisotopic (exact) mass is 235 g/mol. The second-order valence-electron chi connectivity index (χ2n) is 3.57. The van der Waals surface area contributed by atoms with Crippen molar-refractivity contribution in [3.8, 4) is 0 Å². The Bertz CT molecular complexity index is 387. The Hall–Kier alpha value is -1.30. The van der Waals surface area contributed by atoms with Crippen LogP contribution in [0.1, 0.15) is 5.56 Å². The van der Waals surface area contributed by atoms with Crippen LogP contribution in [-0.2, 0) is 10.9 Å². The molecule has 0 bridgehead atoms. The molecule has 0 radical (unpaired) electrons. The van der Waals surface area contributed by atoms with Gasteiger partial charge in [-0.1, -0.05) is 0 Å². The lowest BCUT2D eigenvalue weighted by atomic mass is 10.1. The molecule has 1 fully saturated rings. The molecule has 1 aromatic carbocycles. The molecule has 16 heavy (non-hydrogen) atoms. The van der Waals surface area contributed by atoms with Gasteiger partial charge in [0.25, 0.3) is 0 Å². The van der Waals surface area contributed by atoms with E-state index in [4.69, 9.17) is 4.74 Å². The van der Waals surface area contributed by atoms with E-state index >= 15 is 0 Å². The molecule has 1 N–H and O–H groups in total. The Labute approximate surface area is 89.2 Å². The van der Waals surface area contributed by atoms with Crippen LogP contribution in [0.3, 0.4) is 0 Å². The van der Waals surface area contributed by atoms with Crippen LogP contribution in [0.5, 0.6) is 0 Å². The maximum absolute atomic E-state index is 12.9. The number of ether oxygens (including phenoxy) is 1. The smallest absolute Gasteiger partial charge is 0.378 e. The van der Waals surface area contributed by atoms with Gasteiger partial charge in [-0.3, -0.25) is 0 Å². The van der Waals surface area contributed by atoms with Crippen molar-refractivity contribution in [2.45, 2.75) is 12.2 Å². The van der Waals surface area contributed by atoms with E-state index in [9.17, 15) is 17.6 Å². The van der Waals surface area contributed by atoms with Crippen LogP contribution in [0.15, 0.2) is 18.2 Å². The summed E-state index contributed by atoms with van der Waals surface area (Å²) < 4.78 is 54.9. The molecule has 1 aliphatic heterocycles. The van der Waals surface area contributed by atoms with Gasteiger partial charge in [-0.25, -0.2) is 4.39 Å². The highest BCUT2D eigenvalue weighted by Crippen LogP contribution is 2.33. The van der Waals surface area contributed by atoms with Crippen LogP contribution in [0.4, 0.5) is 23.2 Å². The van der Waals surface area contributed by atoms with Crippen LogP contribution < -0.4 is 5.32 Å². The Morgan fingerprint density at radius 3 is 2.44 bits per heavy atom. The summed E-state index contributed by atoms with van der Waals surface area (Å²) in [5, 5.41) is 2.83. The number of hydrogen-bond acceptors (Lipinski definition) is 2. The van der Waals surface area contributed by atoms with E-state index in [-0.39, 0.29) is 11.7 Å². The third-order valence-corrected chi connectivity index (χ3v) is 2.28. The van der Waals surface area contributed by atoms with Crippen molar-refractivity contribution < 1.29 is 22.3 Å². The highest BCUT2D eigenvalue weighted by molar-refractivity contribution is 5.48. The van der Waals surface area contributed by atoms with E-state index in [1.807, 2.05) is 0 Å². The van der Waals surface area contributed by atoms with Gasteiger partial charge in [0.1, 0.15) is 5.82 Å². The van der Waals surface area contributed by atoms with Crippen molar-refractivity contribution in [2.75, 3.05) is 18.5 Å². The lowest BCUT2D eigenvalue weighted by molar-refractivity contribution is -0.139. The maximum Gasteiger partial charge on any atom is 0.419 e. The van der Waals surface area contributed by atoms with E-state index in [0.717, 1.165) is 12.1 Å². The quantitative estimate of drug-likeness (QED) is 0.795. The highest BCUT2D eigenvalue weighted by Gasteiger charge is 2.34. The summed E-state index contributed by atoms with van der Waals surface area (Å²) >= 11 is 0. The fraction of sp³-hybridized carbons (Fsp3) is 0.400. The molecular formula is C10H9F4NO. The second kappa shape index (κ2) is 3.93. The lowest BCUT2D eigenvalue weighted by Crippen LogP contribution is -2.40. The Kier molecular flexibility index (Phi) is 2.75. The number of halogens is 4. The molecule has 0 atom stereocenters. The van der Waals surface area contributed by atoms with E-state index in [2.05, 4.69) is 5.32 Å². The van der Waals surface area contributed by atoms with Crippen molar-refractivity contribution in [2.24, 2.45) is 0 Å². The molecule has 1 heterocycles. The van der Waals surface area contributed by atoms with E-state index in [0.29, 0.717) is 13.2 Å². The third-order valence-electron chi connectivity index (χ3n) is 2.28. The molecular weight excluding hydrogens is 226 g/mol. The number of benzene rings is 1. The predicted molar refractivity (Wildman–Crippen MR) is 49.6 cm³/mol. The second-order valence-corrected chi connectivity index (χ2v) is 3.57. The number of alkyl halides is 3. The SMILES string of the molecule is Fc1ccc(NC2COC2)cc1C(F)(F)F. The molecule has 0 spiro atoms. The molecule has 2 nitrogen and oxygen atoms in total. The minimum Gasteiger partial charge on any atom is -0.378 e. The topological polar surface area (TPSA) is 21.3 Å². The molecule has 0 amide bonds. The lowest BCUT2D eigenvalue weighted by Gasteiger charge is -2.28. The zero-order valence-electron chi connectivity index (χ0n) is 8.14. The molecule has 0 aromatic heterocycles. The van der Waals surface area contributed by atoms with Crippen LogP contribution in [0, 0.1) is 5.82 Å². The normalized spacial score (nSPS) is 17.0. The van der Waals surface area contributed by atoms with Crippen molar-refractivity contribution in [1.82, 2.24) is 0 Å². The first kappa shape index (κ1) is 11.2. The van der Waals surface area contributed by atoms with Crippen molar-refractivity contribution in [3.63, 3.8) is 0 Å². The minimum absolute atomic E-state index is 0.00606. The first-order valence-electron chi connectivity index (χ1n) is 4.68. The number of anilines is 1. The summed E-state index contributed by atoms with van der Waals surface area (Å²) in [6.07, 6.45) is -4.67. The van der Waals surface area contributed by atoms with Gasteiger partial charge >= 0.3 is 6.18 Å². The molecule has 2 rings (SSSR count). The molecule has 88 valence electrons. The van der Waals surface area contributed by atoms with E-state index in [1.165, 1.54) is 6.07 Å². The van der Waals surface area contributed by atoms with Gasteiger partial charge in [0.15, 0.2) is 0 Å². The molecule has 0 saturated carbocycles. The van der Waals surface area contributed by atoms with Crippen molar-refractivity contribution >= 4 is 5.69 Å². The number of rotatable bonds is 2. The fourth-order valence-corrected chi connectivity index (χ4v) is 1.39. The molecule has 1 saturated heterocycles. The molecule has 1 aromatic rings. The van der Waals surface area contributed by atoms with Gasteiger partial charge in [0, 0.05) is 5.69 Å². The zero-order chi connectivity index (χ0) is 11.8. The van der Waals surface area contributed by atoms with Gasteiger partial charge in [0.2, 0.25) is 0 Å². The first-order chi connectivity index (χ1) is 7.47. The fourth-order valence-electron chi connectivity index (χ4n) is 1.39. The molecule has 1 aliphatic rings. The van der Waals surface area contributed by atoms with Crippen LogP contribution >= 0.6 is 0 Å². The Morgan fingerprint density at radius 2 is 1.94 bits per heavy atom. The van der Waals surface area contributed by atoms with E-state index in [1.54, 1.807) is 0 Å². The standard InChI is InChI=1S/C10H9F4NO/c11-9-2-1-6(15-7-4-16-5-7)3-8(9)10(12,13)14/h1-3,7,15H,4-5H2. The highest BCUT2D eigenvalue weighted by atomic mass is 19.4. The van der Waals surface area contributed by atoms with Gasteiger partial charge in [-0.15, -0.1) is 0 Å². The summed E-state index contributed by atoms with van der Waals surface area (Å²) in [5.74, 6) is -1.26. The zero-order valence-corrected chi connectivity index (χ0v) is 8.14. The summed E-state index contributed by atoms with van der Waals surface area (Å²) in [7, 11) is 0. The summed E-state index contributed by atoms with van der Waals surface area (Å²) in [6.45, 7) is 0.914. The van der Waals surface area contributed by atoms with E-state index < -0.39 is 17.6 Å². The molecule has 0 aliphatic carbocycles. The number of nitrogens with one attached hydrogen (secondary N) is 1. The summed E-state index contributed by atoms with van der Waals surface area (Å²) in [5.41, 5.74) is -1.00. The summed E-state index contributed by atoms with van der Waals surface area (Å²) in [6, 6.07) is 2.87. The maximum atomic E-state index is 12.9. The van der Waals surface area contributed by atoms with Gasteiger partial charge in [-0.05, 0) is 18.2 Å². The van der Waals surface area contributed by atoms with Gasteiger partial charge in [-0.2, -0.15) is 13.2 Å². The average Bonchev–Trinajstić information content (AvgIpc) is 2.12. The Balaban J connectivity index is 2.20. The van der Waals surface area contributed by atoms with Gasteiger partial charge < -0.3 is 10.1 Å². The van der Waals surface area contributed by atoms with Gasteiger partial charge in [0.05, 0.1) is 24.8 Å². The predicted octanol–water partition coefficient (Wildman–Crippen LogP) is 2.66. The average molecular weight is 235 g/mol. The largest absolute Gasteiger partial charge is 0.419 e. The molecule has 6 heteroatoms.